The average molecular weight is 462 g/mol. The molecule has 0 bridgehead atoms. The minimum atomic E-state index is -3.92. The van der Waals surface area contributed by atoms with Gasteiger partial charge in [0.1, 0.15) is 5.75 Å². The van der Waals surface area contributed by atoms with Crippen LogP contribution in [0, 0.1) is 0 Å². The van der Waals surface area contributed by atoms with Gasteiger partial charge in [-0.15, -0.1) is 0 Å². The summed E-state index contributed by atoms with van der Waals surface area (Å²) in [6.45, 7) is 1.39. The number of carbonyl (C=O) groups is 1. The number of nitrogens with one attached hydrogen (secondary N) is 3. The third kappa shape index (κ3) is 6.60. The molecule has 2 rings (SSSR count). The van der Waals surface area contributed by atoms with Crippen molar-refractivity contribution in [3.05, 3.63) is 47.5 Å². The molecule has 0 spiro atoms. The molecule has 1 amide bonds. The fourth-order valence-electron chi connectivity index (χ4n) is 2.27. The summed E-state index contributed by atoms with van der Waals surface area (Å²) in [5.41, 5.74) is 0.493. The Balaban J connectivity index is 2.12. The van der Waals surface area contributed by atoms with Crippen LogP contribution < -0.4 is 19.5 Å². The molecular weight excluding hydrogens is 442 g/mol. The highest BCUT2D eigenvalue weighted by molar-refractivity contribution is 7.92. The third-order valence-electron chi connectivity index (χ3n) is 3.61. The Morgan fingerprint density at radius 3 is 2.24 bits per heavy atom. The van der Waals surface area contributed by atoms with Crippen LogP contribution in [0.1, 0.15) is 6.92 Å². The van der Waals surface area contributed by atoms with E-state index < -0.39 is 32.0 Å². The number of methoxy groups -OCH3 is 1. The van der Waals surface area contributed by atoms with Gasteiger partial charge in [0.05, 0.1) is 30.0 Å². The van der Waals surface area contributed by atoms with Gasteiger partial charge in [-0.1, -0.05) is 11.6 Å². The molecule has 0 aromatic heterocycles. The van der Waals surface area contributed by atoms with Crippen molar-refractivity contribution >= 4 is 48.9 Å². The zero-order valence-electron chi connectivity index (χ0n) is 15.8. The molecule has 0 aliphatic rings. The van der Waals surface area contributed by atoms with Crippen LogP contribution in [-0.4, -0.2) is 42.2 Å². The molecule has 0 unspecified atom stereocenters. The lowest BCUT2D eigenvalue weighted by Crippen LogP contribution is -2.41. The van der Waals surface area contributed by atoms with E-state index in [9.17, 15) is 21.6 Å². The number of sulfonamides is 2. The van der Waals surface area contributed by atoms with Gasteiger partial charge < -0.3 is 10.1 Å². The molecule has 158 valence electrons. The SMILES string of the molecule is COc1cc(NC(=O)[C@H](C)NS(=O)(=O)c2ccc(Cl)cc2)ccc1NS(C)(=O)=O. The standard InChI is InChI=1S/C17H20ClN3O6S2/c1-11(20-29(25,26)14-7-4-12(18)5-8-14)17(22)19-13-6-9-15(16(10-13)27-2)21-28(3,23)24/h4-11,20-21H,1-3H3,(H,19,22)/t11-/m0/s1. The Morgan fingerprint density at radius 1 is 1.07 bits per heavy atom. The number of ether oxygens (including phenoxy) is 1. The van der Waals surface area contributed by atoms with Gasteiger partial charge in [-0.2, -0.15) is 4.72 Å². The van der Waals surface area contributed by atoms with Crippen LogP contribution in [0.3, 0.4) is 0 Å². The molecule has 3 N–H and O–H groups in total. The van der Waals surface area contributed by atoms with E-state index in [-0.39, 0.29) is 16.3 Å². The van der Waals surface area contributed by atoms with Crippen molar-refractivity contribution in [1.29, 1.82) is 0 Å². The molecule has 0 heterocycles. The van der Waals surface area contributed by atoms with Crippen LogP contribution in [0.5, 0.6) is 5.75 Å². The molecule has 0 aliphatic heterocycles. The van der Waals surface area contributed by atoms with E-state index in [0.717, 1.165) is 6.26 Å². The summed E-state index contributed by atoms with van der Waals surface area (Å²) in [6, 6.07) is 8.70. The highest BCUT2D eigenvalue weighted by Crippen LogP contribution is 2.28. The van der Waals surface area contributed by atoms with Gasteiger partial charge in [0.15, 0.2) is 0 Å². The van der Waals surface area contributed by atoms with E-state index in [1.165, 1.54) is 56.5 Å². The van der Waals surface area contributed by atoms with Gasteiger partial charge in [0, 0.05) is 16.8 Å². The molecule has 12 heteroatoms. The molecule has 9 nitrogen and oxygen atoms in total. The van der Waals surface area contributed by atoms with Crippen LogP contribution >= 0.6 is 11.6 Å². The predicted molar refractivity (Wildman–Crippen MR) is 111 cm³/mol. The molecule has 2 aromatic carbocycles. The van der Waals surface area contributed by atoms with E-state index in [0.29, 0.717) is 10.7 Å². The van der Waals surface area contributed by atoms with Gasteiger partial charge in [0.25, 0.3) is 0 Å². The minimum absolute atomic E-state index is 0.0283. The Kier molecular flexibility index (Phi) is 7.11. The molecule has 0 radical (unpaired) electrons. The number of benzene rings is 2. The van der Waals surface area contributed by atoms with E-state index in [1.807, 2.05) is 0 Å². The van der Waals surface area contributed by atoms with E-state index in [2.05, 4.69) is 14.8 Å². The lowest BCUT2D eigenvalue weighted by atomic mass is 10.2. The number of carbonyl (C=O) groups excluding carboxylic acids is 1. The second-order valence-electron chi connectivity index (χ2n) is 6.08. The largest absolute Gasteiger partial charge is 0.494 e. The molecule has 0 saturated carbocycles. The highest BCUT2D eigenvalue weighted by atomic mass is 35.5. The highest BCUT2D eigenvalue weighted by Gasteiger charge is 2.22. The van der Waals surface area contributed by atoms with E-state index in [4.69, 9.17) is 16.3 Å². The summed E-state index contributed by atoms with van der Waals surface area (Å²) in [5, 5.41) is 2.93. The van der Waals surface area contributed by atoms with Gasteiger partial charge in [-0.05, 0) is 43.3 Å². The summed E-state index contributed by atoms with van der Waals surface area (Å²) in [6.07, 6.45) is 0.997. The fourth-order valence-corrected chi connectivity index (χ4v) is 4.17. The topological polar surface area (TPSA) is 131 Å². The van der Waals surface area contributed by atoms with Gasteiger partial charge in [0.2, 0.25) is 26.0 Å². The Morgan fingerprint density at radius 2 is 1.69 bits per heavy atom. The number of rotatable bonds is 8. The summed E-state index contributed by atoms with van der Waals surface area (Å²) < 4.78 is 57.2. The van der Waals surface area contributed by atoms with Crippen molar-refractivity contribution in [3.8, 4) is 5.75 Å². The van der Waals surface area contributed by atoms with Crippen molar-refractivity contribution < 1.29 is 26.4 Å². The number of hydrogen-bond acceptors (Lipinski definition) is 6. The molecule has 0 fully saturated rings. The van der Waals surface area contributed by atoms with Crippen molar-refractivity contribution in [3.63, 3.8) is 0 Å². The van der Waals surface area contributed by atoms with E-state index in [1.54, 1.807) is 0 Å². The number of hydrogen-bond donors (Lipinski definition) is 3. The van der Waals surface area contributed by atoms with Crippen LogP contribution in [0.25, 0.3) is 0 Å². The zero-order valence-corrected chi connectivity index (χ0v) is 18.2. The quantitative estimate of drug-likeness (QED) is 0.551. The van der Waals surface area contributed by atoms with Crippen LogP contribution in [0.15, 0.2) is 47.4 Å². The number of amides is 1. The molecule has 0 aliphatic carbocycles. The zero-order chi connectivity index (χ0) is 21.8. The van der Waals surface area contributed by atoms with Crippen LogP contribution in [0.4, 0.5) is 11.4 Å². The second kappa shape index (κ2) is 8.99. The maximum Gasteiger partial charge on any atom is 0.242 e. The first-order valence-electron chi connectivity index (χ1n) is 8.16. The first kappa shape index (κ1) is 22.9. The minimum Gasteiger partial charge on any atom is -0.494 e. The Labute approximate surface area is 174 Å². The smallest absolute Gasteiger partial charge is 0.242 e. The first-order valence-corrected chi connectivity index (χ1v) is 11.9. The monoisotopic (exact) mass is 461 g/mol. The lowest BCUT2D eigenvalue weighted by Gasteiger charge is -2.16. The van der Waals surface area contributed by atoms with Crippen LogP contribution in [0.2, 0.25) is 5.02 Å². The summed E-state index contributed by atoms with van der Waals surface area (Å²) in [5.74, 6) is -0.434. The predicted octanol–water partition coefficient (Wildman–Crippen LogP) is 2.03. The lowest BCUT2D eigenvalue weighted by molar-refractivity contribution is -0.117. The molecular formula is C17H20ClN3O6S2. The maximum atomic E-state index is 12.4. The first-order chi connectivity index (χ1) is 13.4. The second-order valence-corrected chi connectivity index (χ2v) is 9.97. The fraction of sp³-hybridized carbons (Fsp3) is 0.235. The van der Waals surface area contributed by atoms with Gasteiger partial charge >= 0.3 is 0 Å². The van der Waals surface area contributed by atoms with Crippen molar-refractivity contribution in [2.75, 3.05) is 23.4 Å². The van der Waals surface area contributed by atoms with Crippen molar-refractivity contribution in [2.45, 2.75) is 17.9 Å². The molecule has 2 aromatic rings. The molecule has 29 heavy (non-hydrogen) atoms. The van der Waals surface area contributed by atoms with Gasteiger partial charge in [-0.25, -0.2) is 16.8 Å². The normalized spacial score (nSPS) is 12.8. The Hall–Kier alpha value is -2.34. The Bertz CT molecular complexity index is 1100. The van der Waals surface area contributed by atoms with Crippen molar-refractivity contribution in [2.24, 2.45) is 0 Å². The molecule has 1 atom stereocenters. The van der Waals surface area contributed by atoms with E-state index >= 15 is 0 Å². The molecule has 0 saturated heterocycles. The third-order valence-corrected chi connectivity index (χ3v) is 6.01. The maximum absolute atomic E-state index is 12.4. The number of anilines is 2. The van der Waals surface area contributed by atoms with Crippen molar-refractivity contribution in [1.82, 2.24) is 4.72 Å². The number of halogens is 1. The summed E-state index contributed by atoms with van der Waals surface area (Å²) in [4.78, 5) is 12.3. The average Bonchev–Trinajstić information content (AvgIpc) is 2.61. The summed E-state index contributed by atoms with van der Waals surface area (Å²) in [7, 11) is -6.09. The van der Waals surface area contributed by atoms with Crippen LogP contribution in [-0.2, 0) is 24.8 Å². The van der Waals surface area contributed by atoms with Gasteiger partial charge in [-0.3, -0.25) is 9.52 Å². The summed E-state index contributed by atoms with van der Waals surface area (Å²) >= 11 is 5.75.